The number of aromatic nitrogens is 1. The number of sulfonamides is 1. The second-order valence-electron chi connectivity index (χ2n) is 8.26. The fraction of sp³-hybridized carbons (Fsp3) is 0.154. The van der Waals surface area contributed by atoms with Gasteiger partial charge in [0.15, 0.2) is 14.6 Å². The van der Waals surface area contributed by atoms with Crippen molar-refractivity contribution < 1.29 is 21.6 Å². The maximum absolute atomic E-state index is 13.0. The number of sulfone groups is 1. The molecule has 190 valence electrons. The van der Waals surface area contributed by atoms with Crippen LogP contribution in [-0.2, 0) is 33.0 Å². The molecule has 0 bridgehead atoms. The number of hydrogen-bond acceptors (Lipinski definition) is 6. The highest BCUT2D eigenvalue weighted by molar-refractivity contribution is 7.90. The summed E-state index contributed by atoms with van der Waals surface area (Å²) in [5.41, 5.74) is 1.71. The zero-order valence-electron chi connectivity index (χ0n) is 20.0. The van der Waals surface area contributed by atoms with Crippen LogP contribution in [0.1, 0.15) is 15.9 Å². The SMILES string of the molecule is C#CCn1c(=NC(=O)c2ccc(S(=O)(=O)N(C)Cc3ccccc3)cc2)sc2cc(S(C)(=O)=O)ccc21. The van der Waals surface area contributed by atoms with Crippen LogP contribution in [0, 0.1) is 12.3 Å². The van der Waals surface area contributed by atoms with Gasteiger partial charge in [-0.05, 0) is 48.0 Å². The first-order valence-corrected chi connectivity index (χ1v) is 15.1. The molecule has 0 aliphatic heterocycles. The summed E-state index contributed by atoms with van der Waals surface area (Å²) in [7, 11) is -5.68. The summed E-state index contributed by atoms with van der Waals surface area (Å²) >= 11 is 1.14. The number of hydrogen-bond donors (Lipinski definition) is 0. The van der Waals surface area contributed by atoms with Crippen molar-refractivity contribution in [2.45, 2.75) is 22.9 Å². The van der Waals surface area contributed by atoms with Crippen molar-refractivity contribution in [1.82, 2.24) is 8.87 Å². The summed E-state index contributed by atoms with van der Waals surface area (Å²) in [5, 5.41) is 0. The minimum atomic E-state index is -3.77. The molecule has 0 spiro atoms. The number of terminal acetylenes is 1. The topological polar surface area (TPSA) is 106 Å². The summed E-state index contributed by atoms with van der Waals surface area (Å²) in [6.07, 6.45) is 6.62. The van der Waals surface area contributed by atoms with Crippen molar-refractivity contribution in [1.29, 1.82) is 0 Å². The normalized spacial score (nSPS) is 12.6. The lowest BCUT2D eigenvalue weighted by atomic mass is 10.2. The Labute approximate surface area is 219 Å². The first-order valence-electron chi connectivity index (χ1n) is 11.0. The van der Waals surface area contributed by atoms with Crippen molar-refractivity contribution in [3.05, 3.63) is 88.7 Å². The monoisotopic (exact) mass is 553 g/mol. The van der Waals surface area contributed by atoms with E-state index in [2.05, 4.69) is 10.9 Å². The van der Waals surface area contributed by atoms with Crippen LogP contribution in [0.4, 0.5) is 0 Å². The zero-order valence-corrected chi connectivity index (χ0v) is 22.5. The molecule has 37 heavy (non-hydrogen) atoms. The molecular formula is C26H23N3O5S3. The first-order chi connectivity index (χ1) is 17.5. The number of fused-ring (bicyclic) bond motifs is 1. The van der Waals surface area contributed by atoms with Crippen molar-refractivity contribution in [2.24, 2.45) is 4.99 Å². The summed E-state index contributed by atoms with van der Waals surface area (Å²) in [6.45, 7) is 0.344. The number of thiazole rings is 1. The fourth-order valence-electron chi connectivity index (χ4n) is 3.64. The molecule has 1 heterocycles. The first kappa shape index (κ1) is 26.5. The molecule has 0 aliphatic carbocycles. The highest BCUT2D eigenvalue weighted by atomic mass is 32.2. The Morgan fingerprint density at radius 3 is 2.27 bits per heavy atom. The number of rotatable bonds is 7. The highest BCUT2D eigenvalue weighted by Gasteiger charge is 2.21. The Balaban J connectivity index is 1.64. The van der Waals surface area contributed by atoms with E-state index in [1.807, 2.05) is 30.3 Å². The quantitative estimate of drug-likeness (QED) is 0.327. The van der Waals surface area contributed by atoms with Crippen LogP contribution in [-0.4, -0.2) is 44.9 Å². The summed E-state index contributed by atoms with van der Waals surface area (Å²) < 4.78 is 53.3. The minimum absolute atomic E-state index is 0.0556. The molecule has 3 aromatic carbocycles. The molecule has 1 aromatic heterocycles. The number of benzene rings is 3. The van der Waals surface area contributed by atoms with Gasteiger partial charge < -0.3 is 4.57 Å². The van der Waals surface area contributed by atoms with Gasteiger partial charge >= 0.3 is 0 Å². The lowest BCUT2D eigenvalue weighted by Crippen LogP contribution is -2.26. The van der Waals surface area contributed by atoms with E-state index < -0.39 is 25.8 Å². The molecular weight excluding hydrogens is 531 g/mol. The maximum atomic E-state index is 13.0. The molecule has 0 atom stereocenters. The third kappa shape index (κ3) is 5.73. The van der Waals surface area contributed by atoms with Gasteiger partial charge in [-0.15, -0.1) is 6.42 Å². The standard InChI is InChI=1S/C26H23N3O5S3/c1-4-16-29-23-15-14-22(36(3,31)32)17-24(23)35-26(29)27-25(30)20-10-12-21(13-11-20)37(33,34)28(2)18-19-8-6-5-7-9-19/h1,5-15,17H,16,18H2,2-3H3. The van der Waals surface area contributed by atoms with Crippen LogP contribution >= 0.6 is 11.3 Å². The van der Waals surface area contributed by atoms with Crippen molar-refractivity contribution >= 4 is 47.3 Å². The van der Waals surface area contributed by atoms with Crippen LogP contribution in [0.25, 0.3) is 10.2 Å². The summed E-state index contributed by atoms with van der Waals surface area (Å²) in [4.78, 5) is 17.6. The molecule has 0 radical (unpaired) electrons. The lowest BCUT2D eigenvalue weighted by molar-refractivity contribution is 0.0997. The summed E-state index contributed by atoms with van der Waals surface area (Å²) in [6, 6.07) is 19.4. The third-order valence-electron chi connectivity index (χ3n) is 5.59. The van der Waals surface area contributed by atoms with E-state index in [1.54, 1.807) is 10.6 Å². The van der Waals surface area contributed by atoms with Crippen molar-refractivity contribution in [3.8, 4) is 12.3 Å². The van der Waals surface area contributed by atoms with Crippen LogP contribution < -0.4 is 4.80 Å². The number of nitrogens with zero attached hydrogens (tertiary/aromatic N) is 3. The summed E-state index contributed by atoms with van der Waals surface area (Å²) in [5.74, 6) is 1.94. The van der Waals surface area contributed by atoms with Crippen molar-refractivity contribution in [3.63, 3.8) is 0 Å². The van der Waals surface area contributed by atoms with Crippen molar-refractivity contribution in [2.75, 3.05) is 13.3 Å². The molecule has 0 N–H and O–H groups in total. The number of carbonyl (C=O) groups is 1. The van der Waals surface area contributed by atoms with Gasteiger partial charge in [-0.25, -0.2) is 16.8 Å². The molecule has 4 rings (SSSR count). The number of amides is 1. The average Bonchev–Trinajstić information content (AvgIpc) is 3.20. The molecule has 0 aliphatic rings. The largest absolute Gasteiger partial charge is 0.305 e. The Kier molecular flexibility index (Phi) is 7.47. The van der Waals surface area contributed by atoms with Gasteiger partial charge in [0.05, 0.1) is 26.6 Å². The Morgan fingerprint density at radius 1 is 1.00 bits per heavy atom. The van der Waals surface area contributed by atoms with E-state index >= 15 is 0 Å². The highest BCUT2D eigenvalue weighted by Crippen LogP contribution is 2.22. The van der Waals surface area contributed by atoms with Gasteiger partial charge in [-0.3, -0.25) is 4.79 Å². The van der Waals surface area contributed by atoms with Gasteiger partial charge in [-0.1, -0.05) is 47.6 Å². The predicted molar refractivity (Wildman–Crippen MR) is 143 cm³/mol. The average molecular weight is 554 g/mol. The Bertz CT molecular complexity index is 1800. The fourth-order valence-corrected chi connectivity index (χ4v) is 6.59. The molecule has 1 amide bonds. The zero-order chi connectivity index (χ0) is 26.8. The second kappa shape index (κ2) is 10.4. The molecule has 0 unspecified atom stereocenters. The maximum Gasteiger partial charge on any atom is 0.279 e. The molecule has 0 saturated heterocycles. The molecule has 0 fully saturated rings. The van der Waals surface area contributed by atoms with Gasteiger partial charge in [0.25, 0.3) is 5.91 Å². The lowest BCUT2D eigenvalue weighted by Gasteiger charge is -2.17. The van der Waals surface area contributed by atoms with Crippen LogP contribution in [0.3, 0.4) is 0 Å². The molecule has 0 saturated carbocycles. The van der Waals surface area contributed by atoms with E-state index in [1.165, 1.54) is 47.8 Å². The minimum Gasteiger partial charge on any atom is -0.305 e. The van der Waals surface area contributed by atoms with Gasteiger partial charge in [0, 0.05) is 25.4 Å². The van der Waals surface area contributed by atoms with E-state index in [0.717, 1.165) is 23.2 Å². The van der Waals surface area contributed by atoms with Gasteiger partial charge in [0.1, 0.15) is 0 Å². The molecule has 4 aromatic rings. The van der Waals surface area contributed by atoms with Gasteiger partial charge in [0.2, 0.25) is 10.0 Å². The van der Waals surface area contributed by atoms with E-state index in [4.69, 9.17) is 6.42 Å². The van der Waals surface area contributed by atoms with Crippen LogP contribution in [0.2, 0.25) is 0 Å². The van der Waals surface area contributed by atoms with E-state index in [-0.39, 0.29) is 28.4 Å². The molecule has 8 nitrogen and oxygen atoms in total. The smallest absolute Gasteiger partial charge is 0.279 e. The van der Waals surface area contributed by atoms with Gasteiger partial charge in [-0.2, -0.15) is 9.30 Å². The molecule has 11 heteroatoms. The third-order valence-corrected chi connectivity index (χ3v) is 9.56. The Hall–Kier alpha value is -3.56. The number of carbonyl (C=O) groups excluding carboxylic acids is 1. The van der Waals surface area contributed by atoms with Crippen LogP contribution in [0.5, 0.6) is 0 Å². The second-order valence-corrected chi connectivity index (χ2v) is 13.3. The Morgan fingerprint density at radius 2 is 1.65 bits per heavy atom. The van der Waals surface area contributed by atoms with E-state index in [9.17, 15) is 21.6 Å². The van der Waals surface area contributed by atoms with E-state index in [0.29, 0.717) is 15.0 Å². The predicted octanol–water partition coefficient (Wildman–Crippen LogP) is 3.30. The van der Waals surface area contributed by atoms with Crippen LogP contribution in [0.15, 0.2) is 87.6 Å².